The summed E-state index contributed by atoms with van der Waals surface area (Å²) in [6.45, 7) is 0.557. The van der Waals surface area contributed by atoms with E-state index in [9.17, 15) is 22.8 Å². The van der Waals surface area contributed by atoms with Gasteiger partial charge in [0.2, 0.25) is 15.9 Å². The average molecular weight is 484 g/mol. The standard InChI is InChI=1S/C23H25N5O5S/c24-22(30)21-18-7-3-4-8-19(18)23(31)28(26-21)15-20(29)25-16-9-11-17(12-10-16)34(32,33)27-13-5-1-2-6-14-27/h3-4,7-12H,1-2,5-6,13-15H2,(H2,24,30)(H,25,29). The van der Waals surface area contributed by atoms with E-state index in [1.54, 1.807) is 18.2 Å². The second-order valence-corrected chi connectivity index (χ2v) is 10.1. The molecule has 1 saturated heterocycles. The zero-order valence-electron chi connectivity index (χ0n) is 18.4. The van der Waals surface area contributed by atoms with Gasteiger partial charge in [0.05, 0.1) is 10.3 Å². The number of sulfonamides is 1. The average Bonchev–Trinajstić information content (AvgIpc) is 3.11. The third-order valence-electron chi connectivity index (χ3n) is 5.74. The predicted molar refractivity (Wildman–Crippen MR) is 127 cm³/mol. The molecule has 11 heteroatoms. The number of hydrogen-bond acceptors (Lipinski definition) is 6. The van der Waals surface area contributed by atoms with Gasteiger partial charge in [-0.25, -0.2) is 13.1 Å². The van der Waals surface area contributed by atoms with Gasteiger partial charge in [0.15, 0.2) is 5.69 Å². The minimum absolute atomic E-state index is 0.105. The molecule has 1 aromatic heterocycles. The zero-order chi connectivity index (χ0) is 24.3. The van der Waals surface area contributed by atoms with Crippen LogP contribution in [0.3, 0.4) is 0 Å². The number of carbonyl (C=O) groups excluding carboxylic acids is 2. The van der Waals surface area contributed by atoms with Gasteiger partial charge in [-0.2, -0.15) is 9.40 Å². The van der Waals surface area contributed by atoms with E-state index >= 15 is 0 Å². The third kappa shape index (κ3) is 4.85. The number of anilines is 1. The maximum Gasteiger partial charge on any atom is 0.275 e. The molecule has 0 saturated carbocycles. The summed E-state index contributed by atoms with van der Waals surface area (Å²) in [4.78, 5) is 37.2. The van der Waals surface area contributed by atoms with Gasteiger partial charge < -0.3 is 11.1 Å². The van der Waals surface area contributed by atoms with Crippen molar-refractivity contribution in [2.45, 2.75) is 37.1 Å². The Balaban J connectivity index is 1.51. The smallest absolute Gasteiger partial charge is 0.275 e. The molecule has 1 aliphatic heterocycles. The highest BCUT2D eigenvalue weighted by Gasteiger charge is 2.25. The molecule has 3 N–H and O–H groups in total. The Morgan fingerprint density at radius 3 is 2.18 bits per heavy atom. The van der Waals surface area contributed by atoms with Gasteiger partial charge in [0, 0.05) is 24.2 Å². The van der Waals surface area contributed by atoms with Gasteiger partial charge in [0.25, 0.3) is 11.5 Å². The Kier molecular flexibility index (Phi) is 6.75. The van der Waals surface area contributed by atoms with Gasteiger partial charge in [-0.1, -0.05) is 31.0 Å². The quantitative estimate of drug-likeness (QED) is 0.546. The molecular formula is C23H25N5O5S. The topological polar surface area (TPSA) is 144 Å². The summed E-state index contributed by atoms with van der Waals surface area (Å²) in [6.07, 6.45) is 3.72. The van der Waals surface area contributed by atoms with Crippen molar-refractivity contribution in [2.75, 3.05) is 18.4 Å². The predicted octanol–water partition coefficient (Wildman–Crippen LogP) is 1.70. The monoisotopic (exact) mass is 483 g/mol. The van der Waals surface area contributed by atoms with Crippen LogP contribution in [-0.4, -0.2) is 47.4 Å². The molecule has 4 rings (SSSR count). The van der Waals surface area contributed by atoms with Crippen LogP contribution in [-0.2, 0) is 21.4 Å². The second kappa shape index (κ2) is 9.74. The van der Waals surface area contributed by atoms with Crippen molar-refractivity contribution in [1.82, 2.24) is 14.1 Å². The first-order chi connectivity index (χ1) is 16.3. The number of hydrogen-bond donors (Lipinski definition) is 2. The maximum atomic E-state index is 12.9. The van der Waals surface area contributed by atoms with Crippen LogP contribution >= 0.6 is 0 Å². The normalized spacial score (nSPS) is 15.1. The fourth-order valence-corrected chi connectivity index (χ4v) is 5.52. The van der Waals surface area contributed by atoms with E-state index in [2.05, 4.69) is 10.4 Å². The minimum atomic E-state index is -3.60. The molecule has 0 aliphatic carbocycles. The number of benzene rings is 2. The molecule has 1 aliphatic rings. The molecule has 0 spiro atoms. The number of carbonyl (C=O) groups is 2. The molecule has 0 bridgehead atoms. The lowest BCUT2D eigenvalue weighted by Gasteiger charge is -2.20. The summed E-state index contributed by atoms with van der Waals surface area (Å²) in [5, 5.41) is 7.13. The van der Waals surface area contributed by atoms with Crippen LogP contribution in [0.1, 0.15) is 36.2 Å². The summed E-state index contributed by atoms with van der Waals surface area (Å²) in [5.41, 5.74) is 5.12. The van der Waals surface area contributed by atoms with E-state index in [-0.39, 0.29) is 16.0 Å². The van der Waals surface area contributed by atoms with Gasteiger partial charge >= 0.3 is 0 Å². The Bertz CT molecular complexity index is 1390. The minimum Gasteiger partial charge on any atom is -0.364 e. The van der Waals surface area contributed by atoms with Crippen LogP contribution in [0.25, 0.3) is 10.8 Å². The number of nitrogens with two attached hydrogens (primary N) is 1. The van der Waals surface area contributed by atoms with E-state index < -0.39 is 33.9 Å². The van der Waals surface area contributed by atoms with Crippen molar-refractivity contribution in [1.29, 1.82) is 0 Å². The summed E-state index contributed by atoms with van der Waals surface area (Å²) in [5.74, 6) is -1.38. The Labute approximate surface area is 196 Å². The second-order valence-electron chi connectivity index (χ2n) is 8.11. The van der Waals surface area contributed by atoms with Crippen LogP contribution in [0.4, 0.5) is 5.69 Å². The van der Waals surface area contributed by atoms with Crippen LogP contribution in [0.2, 0.25) is 0 Å². The first kappa shape index (κ1) is 23.6. The Morgan fingerprint density at radius 2 is 1.56 bits per heavy atom. The molecule has 2 amide bonds. The number of nitrogens with zero attached hydrogens (tertiary/aromatic N) is 3. The Hall–Kier alpha value is -3.57. The highest BCUT2D eigenvalue weighted by Crippen LogP contribution is 2.22. The largest absolute Gasteiger partial charge is 0.364 e. The number of fused-ring (bicyclic) bond motifs is 1. The highest BCUT2D eigenvalue weighted by molar-refractivity contribution is 7.89. The van der Waals surface area contributed by atoms with Crippen molar-refractivity contribution >= 4 is 38.3 Å². The molecule has 2 aromatic carbocycles. The number of rotatable bonds is 6. The van der Waals surface area contributed by atoms with Gasteiger partial charge in [-0.15, -0.1) is 0 Å². The molecule has 0 unspecified atom stereocenters. The molecule has 2 heterocycles. The number of primary amides is 1. The zero-order valence-corrected chi connectivity index (χ0v) is 19.3. The molecule has 1 fully saturated rings. The van der Waals surface area contributed by atoms with Gasteiger partial charge in [0.1, 0.15) is 6.54 Å². The Morgan fingerprint density at radius 1 is 0.941 bits per heavy atom. The van der Waals surface area contributed by atoms with Crippen LogP contribution in [0.5, 0.6) is 0 Å². The fourth-order valence-electron chi connectivity index (χ4n) is 4.00. The SMILES string of the molecule is NC(=O)c1nn(CC(=O)Nc2ccc(S(=O)(=O)N3CCCCCC3)cc2)c(=O)c2ccccc12. The lowest BCUT2D eigenvalue weighted by atomic mass is 10.1. The molecular weight excluding hydrogens is 458 g/mol. The van der Waals surface area contributed by atoms with E-state index in [1.807, 2.05) is 0 Å². The molecule has 0 radical (unpaired) electrons. The molecule has 0 atom stereocenters. The molecule has 178 valence electrons. The summed E-state index contributed by atoms with van der Waals surface area (Å²) < 4.78 is 28.2. The summed E-state index contributed by atoms with van der Waals surface area (Å²) in [6, 6.07) is 12.3. The van der Waals surface area contributed by atoms with Crippen molar-refractivity contribution < 1.29 is 18.0 Å². The lowest BCUT2D eigenvalue weighted by Crippen LogP contribution is -2.32. The maximum absolute atomic E-state index is 12.9. The van der Waals surface area contributed by atoms with Crippen LogP contribution < -0.4 is 16.6 Å². The van der Waals surface area contributed by atoms with Crippen molar-refractivity contribution in [3.63, 3.8) is 0 Å². The van der Waals surface area contributed by atoms with Crippen molar-refractivity contribution in [2.24, 2.45) is 5.73 Å². The van der Waals surface area contributed by atoms with Crippen LogP contribution in [0, 0.1) is 0 Å². The van der Waals surface area contributed by atoms with E-state index in [1.165, 1.54) is 34.6 Å². The van der Waals surface area contributed by atoms with E-state index in [0.717, 1.165) is 30.4 Å². The number of nitrogens with one attached hydrogen (secondary N) is 1. The van der Waals surface area contributed by atoms with Gasteiger partial charge in [-0.05, 0) is 43.2 Å². The molecule has 10 nitrogen and oxygen atoms in total. The van der Waals surface area contributed by atoms with E-state index in [0.29, 0.717) is 24.2 Å². The number of amides is 2. The summed E-state index contributed by atoms with van der Waals surface area (Å²) >= 11 is 0. The third-order valence-corrected chi connectivity index (χ3v) is 7.65. The molecule has 3 aromatic rings. The fraction of sp³-hybridized carbons (Fsp3) is 0.304. The first-order valence-corrected chi connectivity index (χ1v) is 12.4. The van der Waals surface area contributed by atoms with Crippen molar-refractivity contribution in [3.05, 3.63) is 64.6 Å². The van der Waals surface area contributed by atoms with E-state index in [4.69, 9.17) is 5.73 Å². The molecule has 34 heavy (non-hydrogen) atoms. The summed E-state index contributed by atoms with van der Waals surface area (Å²) in [7, 11) is -3.60. The first-order valence-electron chi connectivity index (χ1n) is 11.0. The van der Waals surface area contributed by atoms with Crippen LogP contribution in [0.15, 0.2) is 58.2 Å². The highest BCUT2D eigenvalue weighted by atomic mass is 32.2. The van der Waals surface area contributed by atoms with Crippen molar-refractivity contribution in [3.8, 4) is 0 Å². The van der Waals surface area contributed by atoms with Gasteiger partial charge in [-0.3, -0.25) is 14.4 Å². The number of aromatic nitrogens is 2. The lowest BCUT2D eigenvalue weighted by molar-refractivity contribution is -0.117.